The molecule has 2 aromatic carbocycles. The van der Waals surface area contributed by atoms with Crippen molar-refractivity contribution in [2.75, 3.05) is 13.7 Å². The molecule has 0 saturated carbocycles. The number of hydrogen-bond donors (Lipinski definition) is 4. The van der Waals surface area contributed by atoms with E-state index in [-0.39, 0.29) is 0 Å². The molecule has 0 aliphatic carbocycles. The quantitative estimate of drug-likeness (QED) is 0.486. The molecule has 1 aliphatic heterocycles. The van der Waals surface area contributed by atoms with Crippen molar-refractivity contribution < 1.29 is 34.6 Å². The second-order valence-corrected chi connectivity index (χ2v) is 7.69. The van der Waals surface area contributed by atoms with E-state index in [2.05, 4.69) is 4.98 Å². The van der Waals surface area contributed by atoms with E-state index in [1.54, 1.807) is 25.3 Å². The van der Waals surface area contributed by atoms with E-state index in [0.29, 0.717) is 22.1 Å². The molecular formula is C20H21NO7S. The third kappa shape index (κ3) is 3.80. The number of fused-ring (bicyclic) bond motifs is 1. The Morgan fingerprint density at radius 3 is 2.59 bits per heavy atom. The summed E-state index contributed by atoms with van der Waals surface area (Å²) in [6.07, 6.45) is -6.81. The van der Waals surface area contributed by atoms with Crippen LogP contribution in [0.2, 0.25) is 0 Å². The van der Waals surface area contributed by atoms with E-state index in [1.807, 2.05) is 24.3 Å². The summed E-state index contributed by atoms with van der Waals surface area (Å²) in [6.45, 7) is -0.530. The van der Waals surface area contributed by atoms with Gasteiger partial charge in [0, 0.05) is 0 Å². The minimum atomic E-state index is -1.52. The molecule has 1 saturated heterocycles. The lowest BCUT2D eigenvalue weighted by Crippen LogP contribution is -2.60. The van der Waals surface area contributed by atoms with Gasteiger partial charge in [-0.15, -0.1) is 11.3 Å². The predicted octanol–water partition coefficient (Wildman–Crippen LogP) is 1.15. The first-order chi connectivity index (χ1) is 14.0. The van der Waals surface area contributed by atoms with Crippen molar-refractivity contribution in [2.24, 2.45) is 0 Å². The van der Waals surface area contributed by atoms with Crippen LogP contribution in [0.25, 0.3) is 20.8 Å². The second kappa shape index (κ2) is 8.23. The van der Waals surface area contributed by atoms with Crippen molar-refractivity contribution in [3.05, 3.63) is 42.5 Å². The van der Waals surface area contributed by atoms with Crippen molar-refractivity contribution in [1.29, 1.82) is 0 Å². The number of rotatable bonds is 5. The molecule has 154 valence electrons. The number of aliphatic hydroxyl groups is 4. The largest absolute Gasteiger partial charge is 0.497 e. The predicted molar refractivity (Wildman–Crippen MR) is 106 cm³/mol. The van der Waals surface area contributed by atoms with E-state index in [0.717, 1.165) is 10.2 Å². The Morgan fingerprint density at radius 1 is 1.07 bits per heavy atom. The van der Waals surface area contributed by atoms with Crippen LogP contribution in [-0.2, 0) is 4.74 Å². The van der Waals surface area contributed by atoms with E-state index in [4.69, 9.17) is 14.2 Å². The Hall–Kier alpha value is -2.27. The molecule has 3 aromatic rings. The van der Waals surface area contributed by atoms with E-state index in [9.17, 15) is 20.4 Å². The molecule has 4 rings (SSSR count). The molecule has 2 heterocycles. The molecular weight excluding hydrogens is 398 g/mol. The maximum atomic E-state index is 10.3. The van der Waals surface area contributed by atoms with Gasteiger partial charge in [-0.1, -0.05) is 12.1 Å². The minimum absolute atomic E-state index is 0.356. The maximum Gasteiger partial charge on any atom is 0.229 e. The summed E-state index contributed by atoms with van der Waals surface area (Å²) in [6, 6.07) is 12.8. The van der Waals surface area contributed by atoms with Crippen LogP contribution in [0, 0.1) is 0 Å². The molecule has 5 atom stereocenters. The highest BCUT2D eigenvalue weighted by Crippen LogP contribution is 2.39. The first-order valence-electron chi connectivity index (χ1n) is 9.03. The summed E-state index contributed by atoms with van der Waals surface area (Å²) < 4.78 is 17.6. The zero-order chi connectivity index (χ0) is 20.5. The summed E-state index contributed by atoms with van der Waals surface area (Å²) in [5, 5.41) is 40.3. The van der Waals surface area contributed by atoms with Gasteiger partial charge in [0.2, 0.25) is 6.29 Å². The molecule has 0 amide bonds. The monoisotopic (exact) mass is 419 g/mol. The average molecular weight is 419 g/mol. The van der Waals surface area contributed by atoms with Crippen molar-refractivity contribution in [1.82, 2.24) is 4.98 Å². The number of benzene rings is 2. The molecule has 0 radical (unpaired) electrons. The zero-order valence-corrected chi connectivity index (χ0v) is 16.3. The van der Waals surface area contributed by atoms with Gasteiger partial charge < -0.3 is 34.6 Å². The van der Waals surface area contributed by atoms with Gasteiger partial charge in [-0.3, -0.25) is 0 Å². The molecule has 29 heavy (non-hydrogen) atoms. The number of para-hydroxylation sites is 1. The Kier molecular flexibility index (Phi) is 5.68. The van der Waals surface area contributed by atoms with Crippen LogP contribution in [0.4, 0.5) is 0 Å². The standard InChI is InChI=1S/C20H21NO7S/c1-26-10-6-7-13(27-20-18(25)17(24)16(23)14(9-22)28-20)11(8-10)19-21-12-4-2-3-5-15(12)29-19/h2-8,14,16-18,20,22-25H,9H2,1H3/t14-,16+,17+,18-,20-/m1/s1. The van der Waals surface area contributed by atoms with Crippen LogP contribution in [0.1, 0.15) is 0 Å². The Morgan fingerprint density at radius 2 is 1.86 bits per heavy atom. The van der Waals surface area contributed by atoms with E-state index < -0.39 is 37.3 Å². The molecule has 0 bridgehead atoms. The smallest absolute Gasteiger partial charge is 0.229 e. The highest BCUT2D eigenvalue weighted by Gasteiger charge is 2.45. The third-order valence-electron chi connectivity index (χ3n) is 4.80. The molecule has 0 unspecified atom stereocenters. The van der Waals surface area contributed by atoms with Crippen molar-refractivity contribution in [3.63, 3.8) is 0 Å². The van der Waals surface area contributed by atoms with Crippen molar-refractivity contribution in [3.8, 4) is 22.1 Å². The molecule has 8 nitrogen and oxygen atoms in total. The number of aliphatic hydroxyl groups excluding tert-OH is 4. The minimum Gasteiger partial charge on any atom is -0.497 e. The van der Waals surface area contributed by atoms with Crippen LogP contribution in [-0.4, -0.2) is 69.8 Å². The number of hydrogen-bond acceptors (Lipinski definition) is 9. The van der Waals surface area contributed by atoms with Gasteiger partial charge in [0.1, 0.15) is 40.9 Å². The second-order valence-electron chi connectivity index (χ2n) is 6.66. The molecule has 1 aliphatic rings. The summed E-state index contributed by atoms with van der Waals surface area (Å²) in [7, 11) is 1.55. The van der Waals surface area contributed by atoms with Gasteiger partial charge >= 0.3 is 0 Å². The highest BCUT2D eigenvalue weighted by molar-refractivity contribution is 7.21. The highest BCUT2D eigenvalue weighted by atomic mass is 32.1. The van der Waals surface area contributed by atoms with Crippen molar-refractivity contribution in [2.45, 2.75) is 30.7 Å². The summed E-state index contributed by atoms with van der Waals surface area (Å²) in [5.74, 6) is 0.953. The number of methoxy groups -OCH3 is 1. The Bertz CT molecular complexity index is 959. The molecule has 1 aromatic heterocycles. The summed E-state index contributed by atoms with van der Waals surface area (Å²) in [5.41, 5.74) is 1.47. The van der Waals surface area contributed by atoms with Crippen LogP contribution in [0.15, 0.2) is 42.5 Å². The first kappa shape index (κ1) is 20.0. The first-order valence-corrected chi connectivity index (χ1v) is 9.84. The van der Waals surface area contributed by atoms with Crippen LogP contribution in [0.5, 0.6) is 11.5 Å². The van der Waals surface area contributed by atoms with Gasteiger partial charge in [-0.2, -0.15) is 0 Å². The summed E-state index contributed by atoms with van der Waals surface area (Å²) in [4.78, 5) is 4.64. The topological polar surface area (TPSA) is 122 Å². The Labute approximate surface area is 170 Å². The molecule has 9 heteroatoms. The lowest BCUT2D eigenvalue weighted by atomic mass is 9.99. The maximum absolute atomic E-state index is 10.3. The average Bonchev–Trinajstić information content (AvgIpc) is 3.18. The van der Waals surface area contributed by atoms with Gasteiger partial charge in [0.25, 0.3) is 0 Å². The fraction of sp³-hybridized carbons (Fsp3) is 0.350. The van der Waals surface area contributed by atoms with Crippen LogP contribution in [0.3, 0.4) is 0 Å². The molecule has 0 spiro atoms. The fourth-order valence-electron chi connectivity index (χ4n) is 3.18. The van der Waals surface area contributed by atoms with Gasteiger partial charge in [-0.05, 0) is 30.3 Å². The summed E-state index contributed by atoms with van der Waals surface area (Å²) >= 11 is 1.47. The number of ether oxygens (including phenoxy) is 3. The van der Waals surface area contributed by atoms with Crippen molar-refractivity contribution >= 4 is 21.6 Å². The van der Waals surface area contributed by atoms with E-state index >= 15 is 0 Å². The lowest BCUT2D eigenvalue weighted by molar-refractivity contribution is -0.277. The molecule has 1 fully saturated rings. The zero-order valence-electron chi connectivity index (χ0n) is 15.5. The normalized spacial score (nSPS) is 27.1. The fourth-order valence-corrected chi connectivity index (χ4v) is 4.17. The van der Waals surface area contributed by atoms with Gasteiger partial charge in [-0.25, -0.2) is 4.98 Å². The number of thiazole rings is 1. The van der Waals surface area contributed by atoms with Crippen LogP contribution >= 0.6 is 11.3 Å². The SMILES string of the molecule is COc1ccc(O[C@@H]2O[C@H](CO)[C@H](O)[C@H](O)[C@H]2O)c(-c2nc3ccccc3s2)c1. The van der Waals surface area contributed by atoms with E-state index in [1.165, 1.54) is 11.3 Å². The van der Waals surface area contributed by atoms with Crippen LogP contribution < -0.4 is 9.47 Å². The number of nitrogens with zero attached hydrogens (tertiary/aromatic N) is 1. The Balaban J connectivity index is 1.70. The molecule has 4 N–H and O–H groups in total. The number of aromatic nitrogens is 1. The van der Waals surface area contributed by atoms with Gasteiger partial charge in [0.05, 0.1) is 29.5 Å². The lowest BCUT2D eigenvalue weighted by Gasteiger charge is -2.39. The van der Waals surface area contributed by atoms with Gasteiger partial charge in [0.15, 0.2) is 0 Å². The third-order valence-corrected chi connectivity index (χ3v) is 5.87.